The molecule has 6 heteroatoms. The molecule has 0 N–H and O–H groups in total. The van der Waals surface area contributed by atoms with Gasteiger partial charge in [-0.15, -0.1) is 0 Å². The Hall–Kier alpha value is -3.41. The quantitative estimate of drug-likeness (QED) is 0.357. The molecule has 138 valence electrons. The Morgan fingerprint density at radius 2 is 1.67 bits per heavy atom. The van der Waals surface area contributed by atoms with Gasteiger partial charge in [0.15, 0.2) is 0 Å². The number of para-hydroxylation sites is 1. The van der Waals surface area contributed by atoms with Gasteiger partial charge < -0.3 is 9.47 Å². The first-order chi connectivity index (χ1) is 13.1. The zero-order chi connectivity index (χ0) is 19.2. The highest BCUT2D eigenvalue weighted by Crippen LogP contribution is 2.32. The summed E-state index contributed by atoms with van der Waals surface area (Å²) in [6.45, 7) is 0. The first-order valence-electron chi connectivity index (χ1n) is 8.51. The van der Waals surface area contributed by atoms with Crippen LogP contribution in [0.4, 0.5) is 0 Å². The van der Waals surface area contributed by atoms with Crippen molar-refractivity contribution < 1.29 is 19.2 Å². The zero-order valence-corrected chi connectivity index (χ0v) is 14.8. The van der Waals surface area contributed by atoms with Crippen molar-refractivity contribution in [1.29, 1.82) is 0 Å². The van der Waals surface area contributed by atoms with Crippen molar-refractivity contribution >= 4 is 16.7 Å². The predicted molar refractivity (Wildman–Crippen MR) is 101 cm³/mol. The molecular weight excluding hydrogens is 346 g/mol. The lowest BCUT2D eigenvalue weighted by molar-refractivity contribution is -0.512. The Bertz CT molecular complexity index is 936. The molecule has 0 heterocycles. The molecule has 0 bridgehead atoms. The minimum Gasteiger partial charge on any atom is -0.485 e. The molecule has 2 atom stereocenters. The third-order valence-corrected chi connectivity index (χ3v) is 4.36. The van der Waals surface area contributed by atoms with Crippen LogP contribution in [-0.2, 0) is 9.53 Å². The average molecular weight is 365 g/mol. The molecule has 3 rings (SSSR count). The Morgan fingerprint density at radius 3 is 2.37 bits per heavy atom. The van der Waals surface area contributed by atoms with E-state index in [-0.39, 0.29) is 6.42 Å². The second-order valence-corrected chi connectivity index (χ2v) is 6.05. The first kappa shape index (κ1) is 18.4. The Labute approximate surface area is 156 Å². The summed E-state index contributed by atoms with van der Waals surface area (Å²) >= 11 is 0. The number of benzene rings is 3. The number of nitro groups is 1. The molecule has 0 spiro atoms. The third kappa shape index (κ3) is 4.23. The summed E-state index contributed by atoms with van der Waals surface area (Å²) < 4.78 is 10.7. The van der Waals surface area contributed by atoms with Gasteiger partial charge in [0.25, 0.3) is 0 Å². The van der Waals surface area contributed by atoms with Crippen molar-refractivity contribution in [2.24, 2.45) is 0 Å². The highest BCUT2D eigenvalue weighted by Gasteiger charge is 2.36. The van der Waals surface area contributed by atoms with Crippen LogP contribution >= 0.6 is 0 Å². The summed E-state index contributed by atoms with van der Waals surface area (Å²) in [4.78, 5) is 22.7. The number of hydrogen-bond acceptors (Lipinski definition) is 5. The van der Waals surface area contributed by atoms with Crippen LogP contribution in [-0.4, -0.2) is 24.0 Å². The van der Waals surface area contributed by atoms with E-state index in [4.69, 9.17) is 4.74 Å². The van der Waals surface area contributed by atoms with Crippen molar-refractivity contribution in [3.63, 3.8) is 0 Å². The van der Waals surface area contributed by atoms with Gasteiger partial charge in [0.1, 0.15) is 11.9 Å². The van der Waals surface area contributed by atoms with Crippen LogP contribution in [0.3, 0.4) is 0 Å². The van der Waals surface area contributed by atoms with Gasteiger partial charge in [-0.25, -0.2) is 4.79 Å². The third-order valence-electron chi connectivity index (χ3n) is 4.36. The Morgan fingerprint density at radius 1 is 1.00 bits per heavy atom. The number of carbonyl (C=O) groups excluding carboxylic acids is 1. The van der Waals surface area contributed by atoms with Gasteiger partial charge >= 0.3 is 12.0 Å². The van der Waals surface area contributed by atoms with Gasteiger partial charge in [-0.2, -0.15) is 0 Å². The fourth-order valence-electron chi connectivity index (χ4n) is 3.04. The number of nitrogens with zero attached hydrogens (tertiary/aromatic N) is 1. The summed E-state index contributed by atoms with van der Waals surface area (Å²) in [6, 6.07) is 21.0. The summed E-state index contributed by atoms with van der Waals surface area (Å²) in [5.41, 5.74) is 0.785. The fraction of sp³-hybridized carbons (Fsp3) is 0.190. The highest BCUT2D eigenvalue weighted by molar-refractivity contribution is 5.86. The molecule has 0 saturated heterocycles. The minimum atomic E-state index is -1.51. The summed E-state index contributed by atoms with van der Waals surface area (Å²) in [5.74, 6) is -0.315. The van der Waals surface area contributed by atoms with E-state index in [2.05, 4.69) is 4.74 Å². The van der Waals surface area contributed by atoms with Crippen LogP contribution in [0.25, 0.3) is 10.8 Å². The molecule has 0 aromatic heterocycles. The molecule has 3 aromatic rings. The van der Waals surface area contributed by atoms with Crippen LogP contribution in [0.1, 0.15) is 18.1 Å². The van der Waals surface area contributed by atoms with Crippen LogP contribution in [0, 0.1) is 10.1 Å². The number of carbonyl (C=O) groups is 1. The summed E-state index contributed by atoms with van der Waals surface area (Å²) in [7, 11) is 1.14. The van der Waals surface area contributed by atoms with E-state index in [1.165, 1.54) is 0 Å². The second kappa shape index (κ2) is 8.31. The van der Waals surface area contributed by atoms with Gasteiger partial charge in [-0.3, -0.25) is 10.1 Å². The molecule has 0 amide bonds. The maximum Gasteiger partial charge on any atom is 0.381 e. The number of ether oxygens (including phenoxy) is 2. The summed E-state index contributed by atoms with van der Waals surface area (Å²) in [6.07, 6.45) is -0.823. The molecule has 6 nitrogen and oxygen atoms in total. The number of esters is 1. The normalized spacial score (nSPS) is 12.9. The fourth-order valence-corrected chi connectivity index (χ4v) is 3.04. The van der Waals surface area contributed by atoms with E-state index in [0.29, 0.717) is 5.75 Å². The van der Waals surface area contributed by atoms with Gasteiger partial charge in [-0.1, -0.05) is 60.7 Å². The first-order valence-corrected chi connectivity index (χ1v) is 8.51. The molecule has 0 aliphatic carbocycles. The number of rotatable bonds is 7. The molecule has 0 fully saturated rings. The van der Waals surface area contributed by atoms with Crippen LogP contribution in [0.5, 0.6) is 5.75 Å². The van der Waals surface area contributed by atoms with E-state index in [1.807, 2.05) is 60.7 Å². The maximum absolute atomic E-state index is 11.9. The maximum atomic E-state index is 11.9. The van der Waals surface area contributed by atoms with E-state index >= 15 is 0 Å². The van der Waals surface area contributed by atoms with Crippen molar-refractivity contribution in [3.8, 4) is 5.75 Å². The molecule has 0 aliphatic rings. The standard InChI is InChI=1S/C21H19NO5/c1-26-21(23)19(22(24)25)14-20(27-16-10-3-2-4-11-16)18-13-7-9-15-8-5-6-12-17(15)18/h2-13,19-20H,14H2,1H3. The van der Waals surface area contributed by atoms with E-state index in [1.54, 1.807) is 12.1 Å². The lowest BCUT2D eigenvalue weighted by Crippen LogP contribution is -2.33. The SMILES string of the molecule is COC(=O)C(CC(Oc1ccccc1)c1cccc2ccccc12)[N+](=O)[O-]. The largest absolute Gasteiger partial charge is 0.485 e. The monoisotopic (exact) mass is 365 g/mol. The molecule has 0 radical (unpaired) electrons. The molecule has 0 saturated carbocycles. The lowest BCUT2D eigenvalue weighted by Gasteiger charge is -2.22. The van der Waals surface area contributed by atoms with E-state index < -0.39 is 23.0 Å². The Balaban J connectivity index is 2.03. The van der Waals surface area contributed by atoms with Crippen LogP contribution in [0.15, 0.2) is 72.8 Å². The topological polar surface area (TPSA) is 78.7 Å². The lowest BCUT2D eigenvalue weighted by atomic mass is 9.96. The van der Waals surface area contributed by atoms with Crippen molar-refractivity contribution in [2.75, 3.05) is 7.11 Å². The molecular formula is C21H19NO5. The van der Waals surface area contributed by atoms with Gasteiger partial charge in [0.2, 0.25) is 0 Å². The zero-order valence-electron chi connectivity index (χ0n) is 14.8. The number of methoxy groups -OCH3 is 1. The minimum absolute atomic E-state index is 0.136. The molecule has 2 unspecified atom stereocenters. The number of hydrogen-bond donors (Lipinski definition) is 0. The van der Waals surface area contributed by atoms with Crippen LogP contribution < -0.4 is 4.74 Å². The second-order valence-electron chi connectivity index (χ2n) is 6.05. The molecule has 0 aliphatic heterocycles. The number of fused-ring (bicyclic) bond motifs is 1. The summed E-state index contributed by atoms with van der Waals surface area (Å²) in [5, 5.41) is 13.3. The van der Waals surface area contributed by atoms with Crippen molar-refractivity contribution in [2.45, 2.75) is 18.6 Å². The van der Waals surface area contributed by atoms with Gasteiger partial charge in [0, 0.05) is 10.5 Å². The van der Waals surface area contributed by atoms with Crippen molar-refractivity contribution in [3.05, 3.63) is 88.5 Å². The Kier molecular flexibility index (Phi) is 5.66. The van der Waals surface area contributed by atoms with Gasteiger partial charge in [0.05, 0.1) is 13.5 Å². The molecule has 3 aromatic carbocycles. The smallest absolute Gasteiger partial charge is 0.381 e. The van der Waals surface area contributed by atoms with E-state index in [9.17, 15) is 14.9 Å². The van der Waals surface area contributed by atoms with Crippen LogP contribution in [0.2, 0.25) is 0 Å². The predicted octanol–water partition coefficient (Wildman–Crippen LogP) is 4.17. The average Bonchev–Trinajstić information content (AvgIpc) is 2.70. The van der Waals surface area contributed by atoms with Crippen molar-refractivity contribution in [1.82, 2.24) is 0 Å². The highest BCUT2D eigenvalue weighted by atomic mass is 16.6. The van der Waals surface area contributed by atoms with E-state index in [0.717, 1.165) is 23.4 Å². The van der Waals surface area contributed by atoms with Gasteiger partial charge in [-0.05, 0) is 22.9 Å². The molecule has 27 heavy (non-hydrogen) atoms.